The average molecular weight is 714 g/mol. The third-order valence-corrected chi connectivity index (χ3v) is 11.6. The predicted octanol–water partition coefficient (Wildman–Crippen LogP) is 3.19. The molecule has 2 saturated heterocycles. The van der Waals surface area contributed by atoms with E-state index in [1.54, 1.807) is 19.1 Å². The third-order valence-electron chi connectivity index (χ3n) is 11.6. The van der Waals surface area contributed by atoms with Gasteiger partial charge in [-0.3, -0.25) is 48.6 Å². The first-order valence-electron chi connectivity index (χ1n) is 18.4. The number of benzene rings is 3. The molecule has 53 heavy (non-hydrogen) atoms. The van der Waals surface area contributed by atoms with Gasteiger partial charge in [0.25, 0.3) is 11.8 Å². The minimum Gasteiger partial charge on any atom is -0.341 e. The van der Waals surface area contributed by atoms with E-state index in [1.807, 2.05) is 26.8 Å². The van der Waals surface area contributed by atoms with Crippen molar-refractivity contribution < 1.29 is 28.8 Å². The summed E-state index contributed by atoms with van der Waals surface area (Å²) in [6.45, 7) is 5.18. The van der Waals surface area contributed by atoms with Crippen LogP contribution in [0.5, 0.6) is 0 Å². The minimum atomic E-state index is -1.00. The third kappa shape index (κ3) is 5.61. The van der Waals surface area contributed by atoms with Crippen LogP contribution in [0.4, 0.5) is 0 Å². The van der Waals surface area contributed by atoms with Crippen molar-refractivity contribution in [3.05, 3.63) is 88.1 Å². The van der Waals surface area contributed by atoms with E-state index in [9.17, 15) is 28.8 Å². The molecule has 1 N–H and O–H groups in total. The summed E-state index contributed by atoms with van der Waals surface area (Å²) in [6, 6.07) is 17.1. The quantitative estimate of drug-likeness (QED) is 0.311. The lowest BCUT2D eigenvalue weighted by molar-refractivity contribution is -0.136. The maximum absolute atomic E-state index is 13.6. The SMILES string of the molecule is CC(=O)N1CCc2c(c(-c3cccc4ccccc34)nn2C2CCN(C(=O)CN3Cc4cc5c(cc4C3)C(=O)N(C3CCC(=O)NC3=O)C5=O)CC2)C1. The van der Waals surface area contributed by atoms with Gasteiger partial charge in [-0.2, -0.15) is 5.10 Å². The average Bonchev–Trinajstić information content (AvgIpc) is 3.81. The number of fused-ring (bicyclic) bond motifs is 4. The number of aromatic nitrogens is 2. The number of rotatable bonds is 5. The van der Waals surface area contributed by atoms with Gasteiger partial charge >= 0.3 is 0 Å². The summed E-state index contributed by atoms with van der Waals surface area (Å²) in [4.78, 5) is 83.6. The molecule has 270 valence electrons. The summed E-state index contributed by atoms with van der Waals surface area (Å²) in [6.07, 6.45) is 2.45. The Bertz CT molecular complexity index is 2220. The van der Waals surface area contributed by atoms with Gasteiger partial charge in [0.15, 0.2) is 0 Å². The Morgan fingerprint density at radius 1 is 0.792 bits per heavy atom. The summed E-state index contributed by atoms with van der Waals surface area (Å²) < 4.78 is 2.19. The van der Waals surface area contributed by atoms with E-state index in [2.05, 4.69) is 40.3 Å². The molecule has 0 radical (unpaired) electrons. The lowest BCUT2D eigenvalue weighted by Gasteiger charge is -2.34. The second-order valence-corrected chi connectivity index (χ2v) is 14.8. The monoisotopic (exact) mass is 713 g/mol. The summed E-state index contributed by atoms with van der Waals surface area (Å²) in [7, 11) is 0. The second-order valence-electron chi connectivity index (χ2n) is 14.8. The molecule has 5 aliphatic rings. The number of imide groups is 2. The highest BCUT2D eigenvalue weighted by molar-refractivity contribution is 6.23. The van der Waals surface area contributed by atoms with Crippen LogP contribution in [0.2, 0.25) is 0 Å². The van der Waals surface area contributed by atoms with Crippen molar-refractivity contribution in [2.45, 2.75) is 70.7 Å². The normalized spacial score (nSPS) is 20.5. The van der Waals surface area contributed by atoms with E-state index in [0.29, 0.717) is 39.3 Å². The smallest absolute Gasteiger partial charge is 0.262 e. The largest absolute Gasteiger partial charge is 0.341 e. The van der Waals surface area contributed by atoms with E-state index >= 15 is 0 Å². The molecule has 0 bridgehead atoms. The summed E-state index contributed by atoms with van der Waals surface area (Å²) in [5, 5.41) is 9.76. The minimum absolute atomic E-state index is 0.0380. The van der Waals surface area contributed by atoms with Gasteiger partial charge in [0, 0.05) is 75.9 Å². The fraction of sp³-hybridized carbons (Fsp3) is 0.375. The molecule has 9 rings (SSSR count). The molecule has 1 aromatic heterocycles. The van der Waals surface area contributed by atoms with Gasteiger partial charge in [0.1, 0.15) is 6.04 Å². The molecule has 5 aliphatic heterocycles. The molecular formula is C40H39N7O6. The molecule has 6 heterocycles. The molecule has 1 atom stereocenters. The van der Waals surface area contributed by atoms with Crippen LogP contribution in [0.25, 0.3) is 22.0 Å². The standard InChI is InChI=1S/C40H39N7O6/c1-23(48)45-16-13-33-32(21-45)37(29-8-4-6-24-5-2-3-7-28(24)29)42-47(33)27-11-14-44(15-12-27)36(50)22-43-19-25-17-30-31(18-26(25)20-43)40(53)46(39(30)52)34-9-10-35(49)41-38(34)51/h2-8,17-18,27,34H,9-16,19-22H2,1H3,(H,41,49,51). The first-order valence-corrected chi connectivity index (χ1v) is 18.4. The Hall–Kier alpha value is -5.69. The zero-order valence-corrected chi connectivity index (χ0v) is 29.5. The van der Waals surface area contributed by atoms with Crippen molar-refractivity contribution in [2.75, 3.05) is 26.2 Å². The molecule has 0 spiro atoms. The van der Waals surface area contributed by atoms with Crippen LogP contribution < -0.4 is 5.32 Å². The Labute approximate surface area is 305 Å². The van der Waals surface area contributed by atoms with Crippen LogP contribution in [0, 0.1) is 0 Å². The summed E-state index contributed by atoms with van der Waals surface area (Å²) >= 11 is 0. The van der Waals surface area contributed by atoms with Gasteiger partial charge < -0.3 is 9.80 Å². The highest BCUT2D eigenvalue weighted by Gasteiger charge is 2.45. The number of nitrogens with zero attached hydrogens (tertiary/aromatic N) is 6. The van der Waals surface area contributed by atoms with Crippen molar-refractivity contribution in [3.63, 3.8) is 0 Å². The molecule has 0 saturated carbocycles. The molecule has 4 aromatic rings. The highest BCUT2D eigenvalue weighted by Crippen LogP contribution is 2.38. The first kappa shape index (κ1) is 33.2. The maximum atomic E-state index is 13.6. The highest BCUT2D eigenvalue weighted by atomic mass is 16.2. The van der Waals surface area contributed by atoms with Gasteiger partial charge in [-0.15, -0.1) is 0 Å². The number of carbonyl (C=O) groups excluding carboxylic acids is 6. The lowest BCUT2D eigenvalue weighted by Crippen LogP contribution is -2.54. The number of likely N-dealkylation sites (tertiary alicyclic amines) is 1. The first-order chi connectivity index (χ1) is 25.6. The fourth-order valence-corrected chi connectivity index (χ4v) is 8.87. The Kier molecular flexibility index (Phi) is 7.99. The second kappa shape index (κ2) is 12.8. The Morgan fingerprint density at radius 2 is 1.49 bits per heavy atom. The summed E-state index contributed by atoms with van der Waals surface area (Å²) in [5.74, 6) is -2.00. The zero-order valence-electron chi connectivity index (χ0n) is 29.5. The van der Waals surface area contributed by atoms with Crippen LogP contribution in [0.15, 0.2) is 54.6 Å². The number of nitrogens with one attached hydrogen (secondary N) is 1. The van der Waals surface area contributed by atoms with E-state index < -0.39 is 29.7 Å². The number of hydrogen-bond acceptors (Lipinski definition) is 8. The van der Waals surface area contributed by atoms with Gasteiger partial charge in [-0.1, -0.05) is 42.5 Å². The number of carbonyl (C=O) groups is 6. The van der Waals surface area contributed by atoms with Gasteiger partial charge in [-0.05, 0) is 53.3 Å². The van der Waals surface area contributed by atoms with Crippen molar-refractivity contribution in [1.82, 2.24) is 34.7 Å². The van der Waals surface area contributed by atoms with E-state index in [4.69, 9.17) is 5.10 Å². The van der Waals surface area contributed by atoms with E-state index in [0.717, 1.165) is 62.9 Å². The topological polar surface area (TPSA) is 145 Å². The molecule has 0 aliphatic carbocycles. The van der Waals surface area contributed by atoms with Gasteiger partial charge in [-0.25, -0.2) is 0 Å². The molecular weight excluding hydrogens is 674 g/mol. The fourth-order valence-electron chi connectivity index (χ4n) is 8.87. The van der Waals surface area contributed by atoms with Crippen LogP contribution in [-0.4, -0.2) is 97.0 Å². The van der Waals surface area contributed by atoms with Crippen LogP contribution >= 0.6 is 0 Å². The number of piperidine rings is 2. The number of amides is 6. The summed E-state index contributed by atoms with van der Waals surface area (Å²) in [5.41, 5.74) is 6.55. The predicted molar refractivity (Wildman–Crippen MR) is 192 cm³/mol. The van der Waals surface area contributed by atoms with Crippen molar-refractivity contribution in [1.29, 1.82) is 0 Å². The van der Waals surface area contributed by atoms with Crippen LogP contribution in [-0.2, 0) is 45.2 Å². The zero-order chi connectivity index (χ0) is 36.5. The van der Waals surface area contributed by atoms with Crippen LogP contribution in [0.1, 0.15) is 81.7 Å². The van der Waals surface area contributed by atoms with E-state index in [1.165, 1.54) is 5.69 Å². The van der Waals surface area contributed by atoms with Crippen molar-refractivity contribution in [3.8, 4) is 11.3 Å². The maximum Gasteiger partial charge on any atom is 0.262 e. The van der Waals surface area contributed by atoms with Gasteiger partial charge in [0.2, 0.25) is 23.6 Å². The molecule has 13 nitrogen and oxygen atoms in total. The Balaban J connectivity index is 0.872. The Morgan fingerprint density at radius 3 is 2.19 bits per heavy atom. The number of hydrogen-bond donors (Lipinski definition) is 1. The molecule has 2 fully saturated rings. The van der Waals surface area contributed by atoms with Crippen molar-refractivity contribution in [2.24, 2.45) is 0 Å². The lowest BCUT2D eigenvalue weighted by atomic mass is 9.96. The van der Waals surface area contributed by atoms with E-state index in [-0.39, 0.29) is 48.4 Å². The molecule has 3 aromatic carbocycles. The molecule has 6 amide bonds. The molecule has 13 heteroatoms. The molecule has 1 unspecified atom stereocenters. The van der Waals surface area contributed by atoms with Crippen molar-refractivity contribution >= 4 is 46.2 Å². The van der Waals surface area contributed by atoms with Gasteiger partial charge in [0.05, 0.1) is 29.4 Å². The van der Waals surface area contributed by atoms with Crippen LogP contribution in [0.3, 0.4) is 0 Å².